The average molecular weight is 379 g/mol. The van der Waals surface area contributed by atoms with Crippen LogP contribution in [0.2, 0.25) is 0 Å². The monoisotopic (exact) mass is 379 g/mol. The van der Waals surface area contributed by atoms with Gasteiger partial charge in [-0.25, -0.2) is 0 Å². The zero-order valence-corrected chi connectivity index (χ0v) is 15.7. The Morgan fingerprint density at radius 1 is 1.14 bits per heavy atom. The molecule has 28 heavy (non-hydrogen) atoms. The molecule has 0 unspecified atom stereocenters. The van der Waals surface area contributed by atoms with Crippen molar-refractivity contribution in [1.82, 2.24) is 0 Å². The van der Waals surface area contributed by atoms with Crippen LogP contribution in [0, 0.1) is 6.92 Å². The van der Waals surface area contributed by atoms with Gasteiger partial charge in [0.2, 0.25) is 5.91 Å². The Labute approximate surface area is 163 Å². The van der Waals surface area contributed by atoms with Crippen LogP contribution in [0.4, 0.5) is 17.1 Å². The fourth-order valence-electron chi connectivity index (χ4n) is 2.92. The molecule has 0 bridgehead atoms. The van der Waals surface area contributed by atoms with E-state index in [2.05, 4.69) is 15.4 Å². The predicted octanol–water partition coefficient (Wildman–Crippen LogP) is 2.84. The summed E-state index contributed by atoms with van der Waals surface area (Å²) in [7, 11) is 1.29. The average Bonchev–Trinajstić information content (AvgIpc) is 2.78. The first kappa shape index (κ1) is 19.2. The summed E-state index contributed by atoms with van der Waals surface area (Å²) in [4.78, 5) is 38.3. The van der Waals surface area contributed by atoms with E-state index in [0.29, 0.717) is 22.8 Å². The van der Waals surface area contributed by atoms with Crippen LogP contribution in [0.3, 0.4) is 0 Å². The van der Waals surface area contributed by atoms with E-state index < -0.39 is 11.9 Å². The fraction of sp³-hybridized carbons (Fsp3) is 0.190. The first-order valence-corrected chi connectivity index (χ1v) is 8.77. The fourth-order valence-corrected chi connectivity index (χ4v) is 2.92. The molecular weight excluding hydrogens is 358 g/mol. The van der Waals surface area contributed by atoms with Gasteiger partial charge in [-0.1, -0.05) is 24.3 Å². The molecule has 1 heterocycles. The van der Waals surface area contributed by atoms with Gasteiger partial charge in [0.1, 0.15) is 6.54 Å². The number of amides is 2. The molecule has 0 aromatic heterocycles. The standard InChI is InChI=1S/C21H21N3O4/c1-14-6-5-7-15(10-14)23-19(25)13-24-18-9-4-3-8-17(18)22-16(11-20(24)26)12-21(27)28-2/h3-11,22H,12-13H2,1-2H3,(H,23,25). The number of carbonyl (C=O) groups is 3. The number of fused-ring (bicyclic) bond motifs is 1. The van der Waals surface area contributed by atoms with Crippen molar-refractivity contribution >= 4 is 34.8 Å². The summed E-state index contributed by atoms with van der Waals surface area (Å²) in [5, 5.41) is 5.89. The molecule has 3 rings (SSSR count). The number of ether oxygens (including phenoxy) is 1. The van der Waals surface area contributed by atoms with Crippen LogP contribution in [0.25, 0.3) is 0 Å². The number of carbonyl (C=O) groups excluding carboxylic acids is 3. The van der Waals surface area contributed by atoms with E-state index >= 15 is 0 Å². The van der Waals surface area contributed by atoms with E-state index in [4.69, 9.17) is 0 Å². The topological polar surface area (TPSA) is 87.7 Å². The van der Waals surface area contributed by atoms with Gasteiger partial charge in [0, 0.05) is 17.5 Å². The quantitative estimate of drug-likeness (QED) is 0.780. The molecule has 2 aromatic carbocycles. The van der Waals surface area contributed by atoms with Crippen molar-refractivity contribution in [1.29, 1.82) is 0 Å². The Morgan fingerprint density at radius 3 is 2.68 bits per heavy atom. The summed E-state index contributed by atoms with van der Waals surface area (Å²) in [6, 6.07) is 14.5. The smallest absolute Gasteiger partial charge is 0.311 e. The maximum atomic E-state index is 12.8. The van der Waals surface area contributed by atoms with Crippen molar-refractivity contribution in [2.75, 3.05) is 29.2 Å². The predicted molar refractivity (Wildman–Crippen MR) is 107 cm³/mol. The highest BCUT2D eigenvalue weighted by atomic mass is 16.5. The molecule has 0 atom stereocenters. The highest BCUT2D eigenvalue weighted by Crippen LogP contribution is 2.30. The van der Waals surface area contributed by atoms with E-state index in [1.54, 1.807) is 24.3 Å². The van der Waals surface area contributed by atoms with Crippen LogP contribution < -0.4 is 15.5 Å². The second-order valence-electron chi connectivity index (χ2n) is 6.41. The summed E-state index contributed by atoms with van der Waals surface area (Å²) in [5.74, 6) is -1.18. The van der Waals surface area contributed by atoms with Crippen LogP contribution in [-0.4, -0.2) is 31.4 Å². The zero-order chi connectivity index (χ0) is 20.1. The summed E-state index contributed by atoms with van der Waals surface area (Å²) in [5.41, 5.74) is 3.29. The molecule has 0 spiro atoms. The lowest BCUT2D eigenvalue weighted by Gasteiger charge is -2.21. The molecule has 0 fully saturated rings. The Morgan fingerprint density at radius 2 is 1.93 bits per heavy atom. The summed E-state index contributed by atoms with van der Waals surface area (Å²) < 4.78 is 4.68. The molecule has 1 aliphatic heterocycles. The molecule has 0 saturated carbocycles. The molecule has 144 valence electrons. The molecule has 0 radical (unpaired) electrons. The Kier molecular flexibility index (Phi) is 5.74. The van der Waals surface area contributed by atoms with E-state index in [9.17, 15) is 14.4 Å². The summed E-state index contributed by atoms with van der Waals surface area (Å²) >= 11 is 0. The second-order valence-corrected chi connectivity index (χ2v) is 6.41. The first-order chi connectivity index (χ1) is 13.5. The number of para-hydroxylation sites is 2. The lowest BCUT2D eigenvalue weighted by atomic mass is 10.2. The lowest BCUT2D eigenvalue weighted by molar-refractivity contribution is -0.139. The van der Waals surface area contributed by atoms with Crippen LogP contribution in [0.5, 0.6) is 0 Å². The number of rotatable bonds is 5. The van der Waals surface area contributed by atoms with Gasteiger partial charge in [0.05, 0.1) is 24.9 Å². The molecule has 2 aromatic rings. The Bertz CT molecular complexity index is 952. The number of methoxy groups -OCH3 is 1. The van der Waals surface area contributed by atoms with Gasteiger partial charge in [-0.05, 0) is 36.8 Å². The normalized spacial score (nSPS) is 13.0. The molecule has 1 aliphatic rings. The molecule has 7 nitrogen and oxygen atoms in total. The van der Waals surface area contributed by atoms with Gasteiger partial charge in [-0.3, -0.25) is 19.3 Å². The van der Waals surface area contributed by atoms with Crippen molar-refractivity contribution in [3.05, 3.63) is 65.9 Å². The van der Waals surface area contributed by atoms with Crippen LogP contribution >= 0.6 is 0 Å². The maximum absolute atomic E-state index is 12.8. The van der Waals surface area contributed by atoms with Crippen LogP contribution in [0.1, 0.15) is 12.0 Å². The number of anilines is 3. The highest BCUT2D eigenvalue weighted by molar-refractivity contribution is 6.10. The zero-order valence-electron chi connectivity index (χ0n) is 15.7. The van der Waals surface area contributed by atoms with Crippen molar-refractivity contribution < 1.29 is 19.1 Å². The van der Waals surface area contributed by atoms with Crippen LogP contribution in [0.15, 0.2) is 60.3 Å². The lowest BCUT2D eigenvalue weighted by Crippen LogP contribution is -2.37. The molecule has 7 heteroatoms. The molecule has 0 saturated heterocycles. The number of hydrogen-bond donors (Lipinski definition) is 2. The van der Waals surface area contributed by atoms with Crippen molar-refractivity contribution in [2.24, 2.45) is 0 Å². The molecule has 2 N–H and O–H groups in total. The third kappa shape index (κ3) is 4.56. The van der Waals surface area contributed by atoms with Crippen molar-refractivity contribution in [3.8, 4) is 0 Å². The Hall–Kier alpha value is -3.61. The number of benzene rings is 2. The van der Waals surface area contributed by atoms with E-state index in [-0.39, 0.29) is 18.9 Å². The third-order valence-electron chi connectivity index (χ3n) is 4.22. The van der Waals surface area contributed by atoms with E-state index in [1.807, 2.05) is 31.2 Å². The van der Waals surface area contributed by atoms with Gasteiger partial charge < -0.3 is 15.4 Å². The number of nitrogens with one attached hydrogen (secondary N) is 2. The third-order valence-corrected chi connectivity index (χ3v) is 4.22. The SMILES string of the molecule is COC(=O)CC1=CC(=O)N(CC(=O)Nc2cccc(C)c2)c2ccccc2N1. The summed E-state index contributed by atoms with van der Waals surface area (Å²) in [6.45, 7) is 1.77. The van der Waals surface area contributed by atoms with Gasteiger partial charge in [0.25, 0.3) is 5.91 Å². The minimum atomic E-state index is -0.463. The molecule has 2 amide bonds. The van der Waals surface area contributed by atoms with Crippen LogP contribution in [-0.2, 0) is 19.1 Å². The van der Waals surface area contributed by atoms with Crippen molar-refractivity contribution in [2.45, 2.75) is 13.3 Å². The molecule has 0 aliphatic carbocycles. The Balaban J connectivity index is 1.83. The molecular formula is C21H21N3O4. The largest absolute Gasteiger partial charge is 0.469 e. The second kappa shape index (κ2) is 8.39. The van der Waals surface area contributed by atoms with Crippen molar-refractivity contribution in [3.63, 3.8) is 0 Å². The van der Waals surface area contributed by atoms with Gasteiger partial charge in [-0.15, -0.1) is 0 Å². The van der Waals surface area contributed by atoms with Gasteiger partial charge in [0.15, 0.2) is 0 Å². The highest BCUT2D eigenvalue weighted by Gasteiger charge is 2.25. The first-order valence-electron chi connectivity index (χ1n) is 8.77. The number of hydrogen-bond acceptors (Lipinski definition) is 5. The van der Waals surface area contributed by atoms with E-state index in [0.717, 1.165) is 5.56 Å². The van der Waals surface area contributed by atoms with Gasteiger partial charge >= 0.3 is 5.97 Å². The maximum Gasteiger partial charge on any atom is 0.311 e. The number of esters is 1. The van der Waals surface area contributed by atoms with Gasteiger partial charge in [-0.2, -0.15) is 0 Å². The number of nitrogens with zero attached hydrogens (tertiary/aromatic N) is 1. The minimum Gasteiger partial charge on any atom is -0.469 e. The summed E-state index contributed by atoms with van der Waals surface area (Å²) in [6.07, 6.45) is 1.25. The van der Waals surface area contributed by atoms with E-state index in [1.165, 1.54) is 18.1 Å². The minimum absolute atomic E-state index is 0.0695. The number of aryl methyl sites for hydroxylation is 1.